The molecule has 0 radical (unpaired) electrons. The largest absolute Gasteiger partial charge is 0.356 e. The van der Waals surface area contributed by atoms with Crippen LogP contribution in [0.5, 0.6) is 0 Å². The summed E-state index contributed by atoms with van der Waals surface area (Å²) >= 11 is 0. The number of benzene rings is 1. The molecule has 1 aromatic rings. The molecule has 0 spiro atoms. The zero-order chi connectivity index (χ0) is 16.7. The number of likely N-dealkylation sites (tertiary alicyclic amines) is 1. The third-order valence-electron chi connectivity index (χ3n) is 4.41. The molecule has 0 saturated carbocycles. The van der Waals surface area contributed by atoms with E-state index in [1.807, 2.05) is 43.0 Å². The van der Waals surface area contributed by atoms with E-state index in [0.29, 0.717) is 25.3 Å². The van der Waals surface area contributed by atoms with Crippen LogP contribution in [0.2, 0.25) is 0 Å². The van der Waals surface area contributed by atoms with Crippen molar-refractivity contribution >= 4 is 11.8 Å². The van der Waals surface area contributed by atoms with Crippen molar-refractivity contribution in [2.45, 2.75) is 46.0 Å². The highest BCUT2D eigenvalue weighted by atomic mass is 16.2. The number of aryl methyl sites for hydroxylation is 1. The highest BCUT2D eigenvalue weighted by Gasteiger charge is 2.23. The first-order chi connectivity index (χ1) is 11.1. The Kier molecular flexibility index (Phi) is 6.63. The third-order valence-corrected chi connectivity index (χ3v) is 4.41. The smallest absolute Gasteiger partial charge is 0.226 e. The molecule has 0 aliphatic carbocycles. The fourth-order valence-corrected chi connectivity index (χ4v) is 3.02. The number of carbonyl (C=O) groups excluding carboxylic acids is 2. The first kappa shape index (κ1) is 17.5. The number of amides is 2. The van der Waals surface area contributed by atoms with Gasteiger partial charge in [-0.3, -0.25) is 9.59 Å². The Morgan fingerprint density at radius 1 is 1.26 bits per heavy atom. The summed E-state index contributed by atoms with van der Waals surface area (Å²) in [6, 6.07) is 8.15. The van der Waals surface area contributed by atoms with E-state index in [9.17, 15) is 9.59 Å². The molecular formula is C19H28N2O2. The zero-order valence-electron chi connectivity index (χ0n) is 14.3. The lowest BCUT2D eigenvalue weighted by atomic mass is 9.97. The lowest BCUT2D eigenvalue weighted by Gasteiger charge is -2.33. The van der Waals surface area contributed by atoms with Gasteiger partial charge in [-0.05, 0) is 37.7 Å². The van der Waals surface area contributed by atoms with Crippen LogP contribution in [0.25, 0.3) is 0 Å². The maximum Gasteiger partial charge on any atom is 0.226 e. The summed E-state index contributed by atoms with van der Waals surface area (Å²) in [7, 11) is 0. The van der Waals surface area contributed by atoms with Crippen molar-refractivity contribution < 1.29 is 9.59 Å². The number of piperidine rings is 1. The van der Waals surface area contributed by atoms with Crippen LogP contribution in [-0.2, 0) is 16.0 Å². The topological polar surface area (TPSA) is 49.4 Å². The van der Waals surface area contributed by atoms with E-state index in [4.69, 9.17) is 0 Å². The fourth-order valence-electron chi connectivity index (χ4n) is 3.02. The Morgan fingerprint density at radius 3 is 2.70 bits per heavy atom. The van der Waals surface area contributed by atoms with E-state index in [1.165, 1.54) is 5.56 Å². The van der Waals surface area contributed by atoms with Crippen molar-refractivity contribution in [2.24, 2.45) is 5.92 Å². The van der Waals surface area contributed by atoms with Gasteiger partial charge in [-0.1, -0.05) is 36.8 Å². The summed E-state index contributed by atoms with van der Waals surface area (Å²) in [5.74, 6) is 0.695. The van der Waals surface area contributed by atoms with Gasteiger partial charge in [0.1, 0.15) is 0 Å². The molecule has 1 fully saturated rings. The Hall–Kier alpha value is -1.84. The molecule has 0 aromatic heterocycles. The minimum absolute atomic E-state index is 0.121. The van der Waals surface area contributed by atoms with Crippen molar-refractivity contribution in [1.29, 1.82) is 0 Å². The van der Waals surface area contributed by atoms with E-state index in [-0.39, 0.29) is 11.8 Å². The Balaban J connectivity index is 1.81. The van der Waals surface area contributed by atoms with E-state index >= 15 is 0 Å². The van der Waals surface area contributed by atoms with Gasteiger partial charge in [-0.2, -0.15) is 0 Å². The summed E-state index contributed by atoms with van der Waals surface area (Å²) < 4.78 is 0. The molecule has 2 rings (SSSR count). The third kappa shape index (κ3) is 5.70. The average Bonchev–Trinajstić information content (AvgIpc) is 2.55. The number of hydrogen-bond donors (Lipinski definition) is 1. The summed E-state index contributed by atoms with van der Waals surface area (Å²) in [6.07, 6.45) is 4.03. The minimum atomic E-state index is 0.121. The molecule has 0 unspecified atom stereocenters. The summed E-state index contributed by atoms with van der Waals surface area (Å²) in [6.45, 7) is 6.34. The van der Waals surface area contributed by atoms with E-state index in [2.05, 4.69) is 5.32 Å². The Labute approximate surface area is 139 Å². The minimum Gasteiger partial charge on any atom is -0.356 e. The van der Waals surface area contributed by atoms with Crippen LogP contribution < -0.4 is 5.32 Å². The van der Waals surface area contributed by atoms with Crippen molar-refractivity contribution in [3.05, 3.63) is 35.4 Å². The first-order valence-electron chi connectivity index (χ1n) is 8.68. The molecular weight excluding hydrogens is 288 g/mol. The molecule has 1 aromatic carbocycles. The molecule has 1 N–H and O–H groups in total. The van der Waals surface area contributed by atoms with Gasteiger partial charge in [0.2, 0.25) is 11.8 Å². The van der Waals surface area contributed by atoms with Gasteiger partial charge in [0, 0.05) is 26.1 Å². The van der Waals surface area contributed by atoms with Gasteiger partial charge in [-0.15, -0.1) is 0 Å². The summed E-state index contributed by atoms with van der Waals surface area (Å²) in [4.78, 5) is 26.0. The molecule has 4 heteroatoms. The molecule has 2 amide bonds. The van der Waals surface area contributed by atoms with Crippen LogP contribution in [0.15, 0.2) is 24.3 Å². The van der Waals surface area contributed by atoms with Crippen LogP contribution in [0.4, 0.5) is 0 Å². The monoisotopic (exact) mass is 316 g/mol. The quantitative estimate of drug-likeness (QED) is 0.877. The normalized spacial score (nSPS) is 17.8. The standard InChI is InChI=1S/C19H28N2O2/c1-3-5-18(22)20-13-17-6-4-11-21(14-17)19(23)12-16-9-7-15(2)8-10-16/h7-10,17H,3-6,11-14H2,1-2H3,(H,20,22)/t17-/m0/s1. The van der Waals surface area contributed by atoms with Crippen molar-refractivity contribution in [3.8, 4) is 0 Å². The number of rotatable bonds is 6. The van der Waals surface area contributed by atoms with E-state index < -0.39 is 0 Å². The highest BCUT2D eigenvalue weighted by molar-refractivity contribution is 5.79. The molecule has 23 heavy (non-hydrogen) atoms. The zero-order valence-corrected chi connectivity index (χ0v) is 14.3. The molecule has 1 saturated heterocycles. The average molecular weight is 316 g/mol. The molecule has 1 aliphatic heterocycles. The second-order valence-corrected chi connectivity index (χ2v) is 6.56. The molecule has 0 bridgehead atoms. The molecule has 1 heterocycles. The number of hydrogen-bond acceptors (Lipinski definition) is 2. The van der Waals surface area contributed by atoms with Gasteiger partial charge >= 0.3 is 0 Å². The molecule has 1 aliphatic rings. The molecule has 4 nitrogen and oxygen atoms in total. The predicted octanol–water partition coefficient (Wildman–Crippen LogP) is 2.69. The predicted molar refractivity (Wildman–Crippen MR) is 92.1 cm³/mol. The molecule has 1 atom stereocenters. The lowest BCUT2D eigenvalue weighted by molar-refractivity contribution is -0.132. The van der Waals surface area contributed by atoms with Crippen LogP contribution in [0, 0.1) is 12.8 Å². The highest BCUT2D eigenvalue weighted by Crippen LogP contribution is 2.17. The van der Waals surface area contributed by atoms with Gasteiger partial charge in [0.05, 0.1) is 6.42 Å². The first-order valence-corrected chi connectivity index (χ1v) is 8.68. The van der Waals surface area contributed by atoms with Gasteiger partial charge in [0.25, 0.3) is 0 Å². The maximum absolute atomic E-state index is 12.5. The summed E-state index contributed by atoms with van der Waals surface area (Å²) in [5.41, 5.74) is 2.28. The Morgan fingerprint density at radius 2 is 2.00 bits per heavy atom. The van der Waals surface area contributed by atoms with Crippen molar-refractivity contribution in [2.75, 3.05) is 19.6 Å². The van der Waals surface area contributed by atoms with Crippen LogP contribution in [0.1, 0.15) is 43.7 Å². The fraction of sp³-hybridized carbons (Fsp3) is 0.579. The van der Waals surface area contributed by atoms with Crippen LogP contribution in [-0.4, -0.2) is 36.3 Å². The van der Waals surface area contributed by atoms with Crippen molar-refractivity contribution in [1.82, 2.24) is 10.2 Å². The summed E-state index contributed by atoms with van der Waals surface area (Å²) in [5, 5.41) is 2.99. The molecule has 126 valence electrons. The second kappa shape index (κ2) is 8.70. The number of nitrogens with zero attached hydrogens (tertiary/aromatic N) is 1. The maximum atomic E-state index is 12.5. The van der Waals surface area contributed by atoms with Crippen LogP contribution in [0.3, 0.4) is 0 Å². The Bertz CT molecular complexity index is 525. The second-order valence-electron chi connectivity index (χ2n) is 6.56. The number of nitrogens with one attached hydrogen (secondary N) is 1. The van der Waals surface area contributed by atoms with E-state index in [0.717, 1.165) is 37.9 Å². The van der Waals surface area contributed by atoms with Gasteiger partial charge < -0.3 is 10.2 Å². The number of carbonyl (C=O) groups is 2. The van der Waals surface area contributed by atoms with Gasteiger partial charge in [0.15, 0.2) is 0 Å². The van der Waals surface area contributed by atoms with E-state index in [1.54, 1.807) is 0 Å². The van der Waals surface area contributed by atoms with Crippen LogP contribution >= 0.6 is 0 Å². The van der Waals surface area contributed by atoms with Crippen molar-refractivity contribution in [3.63, 3.8) is 0 Å². The SMILES string of the molecule is CCCC(=O)NC[C@@H]1CCCN(C(=O)Cc2ccc(C)cc2)C1. The van der Waals surface area contributed by atoms with Gasteiger partial charge in [-0.25, -0.2) is 0 Å². The lowest BCUT2D eigenvalue weighted by Crippen LogP contribution is -2.44.